The molecule has 1 N–H and O–H groups in total. The maximum Gasteiger partial charge on any atom is 0.419 e. The number of aliphatic hydroxyl groups excluding tert-OH is 1. The van der Waals surface area contributed by atoms with Gasteiger partial charge in [-0.25, -0.2) is 0 Å². The minimum absolute atomic E-state index is 0.173. The van der Waals surface area contributed by atoms with Gasteiger partial charge in [-0.15, -0.1) is 0 Å². The van der Waals surface area contributed by atoms with E-state index in [1.165, 1.54) is 12.1 Å². The Balaban J connectivity index is 2.87. The first-order valence-corrected chi connectivity index (χ1v) is 6.32. The molecule has 0 fully saturated rings. The molecular weight excluding hydrogens is 257 g/mol. The van der Waals surface area contributed by atoms with E-state index in [0.29, 0.717) is 0 Å². The number of alkyl halides is 3. The molecule has 0 aromatic heterocycles. The summed E-state index contributed by atoms with van der Waals surface area (Å²) in [6.45, 7) is 3.80. The van der Waals surface area contributed by atoms with Gasteiger partial charge in [0.15, 0.2) is 0 Å². The van der Waals surface area contributed by atoms with Crippen LogP contribution in [0.1, 0.15) is 37.8 Å². The first-order chi connectivity index (χ1) is 8.88. The van der Waals surface area contributed by atoms with Crippen molar-refractivity contribution in [1.29, 1.82) is 0 Å². The van der Waals surface area contributed by atoms with Crippen LogP contribution in [0.15, 0.2) is 18.2 Å². The number of rotatable bonds is 6. The average Bonchev–Trinajstić information content (AvgIpc) is 2.35. The van der Waals surface area contributed by atoms with E-state index in [1.54, 1.807) is 0 Å². The summed E-state index contributed by atoms with van der Waals surface area (Å²) in [6, 6.07) is 3.64. The van der Waals surface area contributed by atoms with Crippen LogP contribution in [0.4, 0.5) is 13.2 Å². The molecule has 1 atom stereocenters. The summed E-state index contributed by atoms with van der Waals surface area (Å²) in [5.74, 6) is 0.0382. The molecule has 2 nitrogen and oxygen atoms in total. The summed E-state index contributed by atoms with van der Waals surface area (Å²) < 4.78 is 43.9. The zero-order valence-corrected chi connectivity index (χ0v) is 11.1. The van der Waals surface area contributed by atoms with E-state index >= 15 is 0 Å². The molecule has 0 heterocycles. The molecule has 0 radical (unpaired) electrons. The SMILES string of the molecule is CCCC(C)COc1ccc(CO)cc1C(F)(F)F. The van der Waals surface area contributed by atoms with Gasteiger partial charge in [-0.1, -0.05) is 26.3 Å². The first kappa shape index (κ1) is 15.8. The molecule has 1 unspecified atom stereocenters. The van der Waals surface area contributed by atoms with Crippen LogP contribution in [0.2, 0.25) is 0 Å². The number of hydrogen-bond donors (Lipinski definition) is 1. The van der Waals surface area contributed by atoms with Gasteiger partial charge in [0.1, 0.15) is 5.75 Å². The lowest BCUT2D eigenvalue weighted by atomic mass is 10.1. The number of ether oxygens (including phenoxy) is 1. The molecule has 0 aliphatic carbocycles. The van der Waals surface area contributed by atoms with Crippen molar-refractivity contribution in [2.24, 2.45) is 5.92 Å². The van der Waals surface area contributed by atoms with Crippen LogP contribution in [0, 0.1) is 5.92 Å². The van der Waals surface area contributed by atoms with Gasteiger partial charge >= 0.3 is 6.18 Å². The van der Waals surface area contributed by atoms with Gasteiger partial charge in [0.05, 0.1) is 18.8 Å². The summed E-state index contributed by atoms with van der Waals surface area (Å²) in [5.41, 5.74) is -0.607. The normalized spacial score (nSPS) is 13.4. The molecule has 108 valence electrons. The predicted octanol–water partition coefficient (Wildman–Crippen LogP) is 4.01. The molecule has 0 saturated heterocycles. The van der Waals surface area contributed by atoms with Gasteiger partial charge in [0.25, 0.3) is 0 Å². The van der Waals surface area contributed by atoms with E-state index in [9.17, 15) is 13.2 Å². The summed E-state index contributed by atoms with van der Waals surface area (Å²) in [7, 11) is 0. The molecule has 5 heteroatoms. The molecule has 0 aliphatic rings. The topological polar surface area (TPSA) is 29.5 Å². The van der Waals surface area contributed by atoms with Crippen molar-refractivity contribution in [3.05, 3.63) is 29.3 Å². The van der Waals surface area contributed by atoms with Crippen molar-refractivity contribution < 1.29 is 23.0 Å². The van der Waals surface area contributed by atoms with E-state index < -0.39 is 18.3 Å². The molecule has 0 bridgehead atoms. The van der Waals surface area contributed by atoms with Gasteiger partial charge in [-0.05, 0) is 30.0 Å². The molecule has 0 amide bonds. The van der Waals surface area contributed by atoms with Crippen molar-refractivity contribution in [2.75, 3.05) is 6.61 Å². The van der Waals surface area contributed by atoms with Crippen LogP contribution in [-0.2, 0) is 12.8 Å². The van der Waals surface area contributed by atoms with Crippen molar-refractivity contribution in [1.82, 2.24) is 0 Å². The van der Waals surface area contributed by atoms with Crippen molar-refractivity contribution in [3.63, 3.8) is 0 Å². The summed E-state index contributed by atoms with van der Waals surface area (Å²) in [5, 5.41) is 8.90. The smallest absolute Gasteiger partial charge is 0.419 e. The fourth-order valence-electron chi connectivity index (χ4n) is 1.83. The highest BCUT2D eigenvalue weighted by Gasteiger charge is 2.34. The Bertz CT molecular complexity index is 402. The minimum atomic E-state index is -4.48. The summed E-state index contributed by atoms with van der Waals surface area (Å²) in [6.07, 6.45) is -2.59. The highest BCUT2D eigenvalue weighted by molar-refractivity contribution is 5.39. The Morgan fingerprint density at radius 1 is 1.32 bits per heavy atom. The standard InChI is InChI=1S/C14H19F3O2/c1-3-4-10(2)9-19-13-6-5-11(8-18)7-12(13)14(15,16)17/h5-7,10,18H,3-4,8-9H2,1-2H3. The largest absolute Gasteiger partial charge is 0.493 e. The van der Waals surface area contributed by atoms with Crippen molar-refractivity contribution in [3.8, 4) is 5.75 Å². The quantitative estimate of drug-likeness (QED) is 0.850. The second-order valence-corrected chi connectivity index (χ2v) is 4.69. The summed E-state index contributed by atoms with van der Waals surface area (Å²) >= 11 is 0. The van der Waals surface area contributed by atoms with Crippen molar-refractivity contribution >= 4 is 0 Å². The fourth-order valence-corrected chi connectivity index (χ4v) is 1.83. The Hall–Kier alpha value is -1.23. The van der Waals surface area contributed by atoms with Gasteiger partial charge in [0, 0.05) is 0 Å². The maximum absolute atomic E-state index is 12.9. The molecule has 1 aromatic rings. The number of benzene rings is 1. The highest BCUT2D eigenvalue weighted by Crippen LogP contribution is 2.37. The third-order valence-corrected chi connectivity index (χ3v) is 2.84. The first-order valence-electron chi connectivity index (χ1n) is 6.32. The van der Waals surface area contributed by atoms with Crippen LogP contribution >= 0.6 is 0 Å². The third-order valence-electron chi connectivity index (χ3n) is 2.84. The fraction of sp³-hybridized carbons (Fsp3) is 0.571. The molecule has 0 saturated carbocycles. The Morgan fingerprint density at radius 2 is 2.00 bits per heavy atom. The molecule has 19 heavy (non-hydrogen) atoms. The van der Waals surface area contributed by atoms with Gasteiger partial charge in [-0.3, -0.25) is 0 Å². The van der Waals surface area contributed by atoms with E-state index in [4.69, 9.17) is 9.84 Å². The van der Waals surface area contributed by atoms with Gasteiger partial charge in [0.2, 0.25) is 0 Å². The van der Waals surface area contributed by atoms with E-state index in [1.807, 2.05) is 13.8 Å². The minimum Gasteiger partial charge on any atom is -0.493 e. The monoisotopic (exact) mass is 276 g/mol. The van der Waals surface area contributed by atoms with Gasteiger partial charge < -0.3 is 9.84 Å². The molecule has 0 aliphatic heterocycles. The molecule has 1 aromatic carbocycles. The maximum atomic E-state index is 12.9. The van der Waals surface area contributed by atoms with E-state index in [-0.39, 0.29) is 23.8 Å². The molecule has 0 spiro atoms. The van der Waals surface area contributed by atoms with E-state index in [2.05, 4.69) is 0 Å². The summed E-state index contributed by atoms with van der Waals surface area (Å²) in [4.78, 5) is 0. The third kappa shape index (κ3) is 4.74. The van der Waals surface area contributed by atoms with Crippen LogP contribution < -0.4 is 4.74 Å². The number of aliphatic hydroxyl groups is 1. The average molecular weight is 276 g/mol. The number of halogens is 3. The van der Waals surface area contributed by atoms with Crippen LogP contribution in [0.5, 0.6) is 5.75 Å². The Morgan fingerprint density at radius 3 is 2.53 bits per heavy atom. The zero-order chi connectivity index (χ0) is 14.5. The highest BCUT2D eigenvalue weighted by atomic mass is 19.4. The molecular formula is C14H19F3O2. The zero-order valence-electron chi connectivity index (χ0n) is 11.1. The Kier molecular flexibility index (Phi) is 5.66. The lowest BCUT2D eigenvalue weighted by Gasteiger charge is -2.17. The van der Waals surface area contributed by atoms with Crippen LogP contribution in [-0.4, -0.2) is 11.7 Å². The van der Waals surface area contributed by atoms with Crippen molar-refractivity contribution in [2.45, 2.75) is 39.5 Å². The van der Waals surface area contributed by atoms with Crippen LogP contribution in [0.25, 0.3) is 0 Å². The number of hydrogen-bond acceptors (Lipinski definition) is 2. The lowest BCUT2D eigenvalue weighted by Crippen LogP contribution is -2.13. The van der Waals surface area contributed by atoms with Crippen LogP contribution in [0.3, 0.4) is 0 Å². The lowest BCUT2D eigenvalue weighted by molar-refractivity contribution is -0.139. The van der Waals surface area contributed by atoms with E-state index in [0.717, 1.165) is 18.9 Å². The molecule has 1 rings (SSSR count). The van der Waals surface area contributed by atoms with Gasteiger partial charge in [-0.2, -0.15) is 13.2 Å². The second-order valence-electron chi connectivity index (χ2n) is 4.69. The second kappa shape index (κ2) is 6.80. The predicted molar refractivity (Wildman–Crippen MR) is 66.9 cm³/mol. The Labute approximate surface area is 111 Å².